The van der Waals surface area contributed by atoms with Crippen LogP contribution in [0.2, 0.25) is 0 Å². The minimum atomic E-state index is -0.941. The van der Waals surface area contributed by atoms with Crippen LogP contribution in [0.5, 0.6) is 0 Å². The van der Waals surface area contributed by atoms with Gasteiger partial charge in [0, 0.05) is 19.6 Å². The Morgan fingerprint density at radius 2 is 2.00 bits per heavy atom. The highest BCUT2D eigenvalue weighted by Gasteiger charge is 2.37. The average Bonchev–Trinajstić information content (AvgIpc) is 1.93. The van der Waals surface area contributed by atoms with E-state index >= 15 is 0 Å². The smallest absolute Gasteiger partial charge is 0.100 e. The van der Waals surface area contributed by atoms with Crippen LogP contribution in [0.15, 0.2) is 0 Å². The van der Waals surface area contributed by atoms with E-state index in [0.29, 0.717) is 13.0 Å². The number of rotatable bonds is 1. The minimum absolute atomic E-state index is 0.248. The fraction of sp³-hybridized carbons (Fsp3) is 1.00. The zero-order valence-electron chi connectivity index (χ0n) is 9.75. The van der Waals surface area contributed by atoms with E-state index in [-0.39, 0.29) is 5.41 Å². The minimum Gasteiger partial charge on any atom is -0.390 e. The highest BCUT2D eigenvalue weighted by atomic mass is 16.3. The molecular formula is C11H23NO2. The second-order valence-corrected chi connectivity index (χ2v) is 5.93. The largest absolute Gasteiger partial charge is 0.390 e. The van der Waals surface area contributed by atoms with Gasteiger partial charge in [-0.15, -0.1) is 0 Å². The maximum atomic E-state index is 9.92. The molecule has 0 aromatic rings. The molecule has 14 heavy (non-hydrogen) atoms. The lowest BCUT2D eigenvalue weighted by molar-refractivity contribution is -0.113. The number of nitrogens with zero attached hydrogens (tertiary/aromatic N) is 1. The summed E-state index contributed by atoms with van der Waals surface area (Å²) in [5.41, 5.74) is -0.693. The first-order valence-corrected chi connectivity index (χ1v) is 5.33. The van der Waals surface area contributed by atoms with Gasteiger partial charge in [0.1, 0.15) is 5.60 Å². The van der Waals surface area contributed by atoms with Gasteiger partial charge in [0.25, 0.3) is 0 Å². The first kappa shape index (κ1) is 12.0. The van der Waals surface area contributed by atoms with E-state index in [2.05, 4.69) is 25.7 Å². The first-order chi connectivity index (χ1) is 6.21. The molecule has 0 spiro atoms. The third kappa shape index (κ3) is 3.23. The lowest BCUT2D eigenvalue weighted by Crippen LogP contribution is -2.56. The number of β-amino-alcohol motifs (C(OH)–C–C–N with tert-alkyl or cyclic N) is 1. The molecule has 1 saturated heterocycles. The molecule has 1 aliphatic heterocycles. The number of hydrogen-bond donors (Lipinski definition) is 2. The van der Waals surface area contributed by atoms with E-state index in [9.17, 15) is 10.2 Å². The van der Waals surface area contributed by atoms with E-state index < -0.39 is 11.7 Å². The summed E-state index contributed by atoms with van der Waals surface area (Å²) in [6.45, 7) is 10.7. The molecule has 3 nitrogen and oxygen atoms in total. The summed E-state index contributed by atoms with van der Waals surface area (Å²) < 4.78 is 0. The van der Waals surface area contributed by atoms with Crippen LogP contribution < -0.4 is 0 Å². The molecule has 1 rings (SSSR count). The summed E-state index contributed by atoms with van der Waals surface area (Å²) in [4.78, 5) is 2.23. The molecule has 0 aromatic heterocycles. The number of aliphatic hydroxyl groups excluding tert-OH is 1. The summed E-state index contributed by atoms with van der Waals surface area (Å²) in [5, 5.41) is 19.5. The molecule has 3 heteroatoms. The van der Waals surface area contributed by atoms with Crippen molar-refractivity contribution < 1.29 is 10.2 Å². The Hall–Kier alpha value is -0.120. The van der Waals surface area contributed by atoms with Crippen LogP contribution in [-0.4, -0.2) is 46.5 Å². The maximum Gasteiger partial charge on any atom is 0.100 e. The van der Waals surface area contributed by atoms with E-state index in [1.54, 1.807) is 6.92 Å². The van der Waals surface area contributed by atoms with Crippen LogP contribution in [-0.2, 0) is 0 Å². The van der Waals surface area contributed by atoms with Gasteiger partial charge in [0.2, 0.25) is 0 Å². The van der Waals surface area contributed by atoms with E-state index in [0.717, 1.165) is 13.1 Å². The zero-order valence-corrected chi connectivity index (χ0v) is 9.75. The van der Waals surface area contributed by atoms with Crippen molar-refractivity contribution in [2.75, 3.05) is 19.6 Å². The molecule has 0 aliphatic carbocycles. The Bertz CT molecular complexity index is 196. The molecule has 0 amide bonds. The average molecular weight is 201 g/mol. The van der Waals surface area contributed by atoms with Crippen LogP contribution in [0.4, 0.5) is 0 Å². The molecule has 0 aromatic carbocycles. The lowest BCUT2D eigenvalue weighted by Gasteiger charge is -2.42. The van der Waals surface area contributed by atoms with Crippen LogP contribution in [0.3, 0.4) is 0 Å². The third-order valence-corrected chi connectivity index (χ3v) is 2.68. The van der Waals surface area contributed by atoms with Crippen molar-refractivity contribution in [1.82, 2.24) is 4.90 Å². The van der Waals surface area contributed by atoms with Crippen LogP contribution in [0.25, 0.3) is 0 Å². The Morgan fingerprint density at radius 1 is 1.43 bits per heavy atom. The predicted molar refractivity (Wildman–Crippen MR) is 57.1 cm³/mol. The van der Waals surface area contributed by atoms with Crippen molar-refractivity contribution in [3.63, 3.8) is 0 Å². The van der Waals surface area contributed by atoms with Crippen molar-refractivity contribution in [2.24, 2.45) is 5.41 Å². The molecule has 84 valence electrons. The number of hydrogen-bond acceptors (Lipinski definition) is 3. The predicted octanol–water partition coefficient (Wildman–Crippen LogP) is 0.850. The van der Waals surface area contributed by atoms with Crippen molar-refractivity contribution in [3.05, 3.63) is 0 Å². The van der Waals surface area contributed by atoms with Gasteiger partial charge >= 0.3 is 0 Å². The molecule has 0 unspecified atom stereocenters. The van der Waals surface area contributed by atoms with Gasteiger partial charge in [-0.2, -0.15) is 0 Å². The molecular weight excluding hydrogens is 178 g/mol. The standard InChI is InChI=1S/C11H23NO2/c1-10(2,3)7-12-6-5-9(13)11(4,14)8-12/h9,13-14H,5-8H2,1-4H3/t9-,11+/m0/s1. The van der Waals surface area contributed by atoms with Gasteiger partial charge in [-0.05, 0) is 18.8 Å². The highest BCUT2D eigenvalue weighted by molar-refractivity contribution is 4.91. The molecule has 0 saturated carbocycles. The second kappa shape index (κ2) is 3.80. The van der Waals surface area contributed by atoms with Gasteiger partial charge in [-0.3, -0.25) is 4.90 Å². The summed E-state index contributed by atoms with van der Waals surface area (Å²) in [5.74, 6) is 0. The fourth-order valence-electron chi connectivity index (χ4n) is 2.06. The zero-order chi connectivity index (χ0) is 11.0. The maximum absolute atomic E-state index is 9.92. The first-order valence-electron chi connectivity index (χ1n) is 5.33. The third-order valence-electron chi connectivity index (χ3n) is 2.68. The SMILES string of the molecule is CC(C)(C)CN1CC[C@H](O)[C@](C)(O)C1. The normalized spacial score (nSPS) is 36.0. The molecule has 0 bridgehead atoms. The number of likely N-dealkylation sites (tertiary alicyclic amines) is 1. The molecule has 0 radical (unpaired) electrons. The fourth-order valence-corrected chi connectivity index (χ4v) is 2.06. The summed E-state index contributed by atoms with van der Waals surface area (Å²) in [6.07, 6.45) is 0.0991. The van der Waals surface area contributed by atoms with Crippen LogP contribution in [0, 0.1) is 5.41 Å². The Labute approximate surface area is 86.7 Å². The van der Waals surface area contributed by atoms with Crippen molar-refractivity contribution in [2.45, 2.75) is 45.8 Å². The van der Waals surface area contributed by atoms with Gasteiger partial charge in [-0.25, -0.2) is 0 Å². The van der Waals surface area contributed by atoms with Crippen LogP contribution in [0.1, 0.15) is 34.1 Å². The molecule has 2 atom stereocenters. The molecule has 1 heterocycles. The van der Waals surface area contributed by atoms with Crippen molar-refractivity contribution in [1.29, 1.82) is 0 Å². The van der Waals surface area contributed by atoms with E-state index in [1.165, 1.54) is 0 Å². The van der Waals surface area contributed by atoms with Crippen LogP contribution >= 0.6 is 0 Å². The summed E-state index contributed by atoms with van der Waals surface area (Å²) in [6, 6.07) is 0. The Morgan fingerprint density at radius 3 is 2.43 bits per heavy atom. The quantitative estimate of drug-likeness (QED) is 0.661. The summed E-state index contributed by atoms with van der Waals surface area (Å²) in [7, 11) is 0. The molecule has 1 fully saturated rings. The van der Waals surface area contributed by atoms with Gasteiger partial charge in [0.15, 0.2) is 0 Å². The van der Waals surface area contributed by atoms with Crippen molar-refractivity contribution >= 4 is 0 Å². The Balaban J connectivity index is 2.52. The van der Waals surface area contributed by atoms with Crippen molar-refractivity contribution in [3.8, 4) is 0 Å². The molecule has 2 N–H and O–H groups in total. The Kier molecular flexibility index (Phi) is 3.24. The van der Waals surface area contributed by atoms with Gasteiger partial charge in [-0.1, -0.05) is 20.8 Å². The highest BCUT2D eigenvalue weighted by Crippen LogP contribution is 2.24. The second-order valence-electron chi connectivity index (χ2n) is 5.93. The number of piperidine rings is 1. The van der Waals surface area contributed by atoms with Gasteiger partial charge in [0.05, 0.1) is 6.10 Å². The monoisotopic (exact) mass is 201 g/mol. The number of aliphatic hydroxyl groups is 2. The summed E-state index contributed by atoms with van der Waals surface area (Å²) >= 11 is 0. The van der Waals surface area contributed by atoms with E-state index in [1.807, 2.05) is 0 Å². The topological polar surface area (TPSA) is 43.7 Å². The molecule has 1 aliphatic rings. The van der Waals surface area contributed by atoms with E-state index in [4.69, 9.17) is 0 Å². The van der Waals surface area contributed by atoms with Gasteiger partial charge < -0.3 is 10.2 Å². The lowest BCUT2D eigenvalue weighted by atomic mass is 9.89.